The van der Waals surface area contributed by atoms with E-state index in [0.717, 1.165) is 18.5 Å². The molecule has 3 rings (SSSR count). The number of primary amides is 1. The van der Waals surface area contributed by atoms with E-state index in [0.29, 0.717) is 5.02 Å². The van der Waals surface area contributed by atoms with Crippen molar-refractivity contribution >= 4 is 33.8 Å². The Labute approximate surface area is 126 Å². The Morgan fingerprint density at radius 1 is 1.40 bits per heavy atom. The smallest absolute Gasteiger partial charge is 0.225 e. The van der Waals surface area contributed by atoms with E-state index >= 15 is 0 Å². The maximum absolute atomic E-state index is 11.9. The number of nitrogens with one attached hydrogen (secondary N) is 1. The second-order valence-corrected chi connectivity index (χ2v) is 6.34. The molecule has 3 N–H and O–H groups in total. The molecule has 2 unspecified atom stereocenters. The van der Waals surface area contributed by atoms with Gasteiger partial charge in [0.25, 0.3) is 0 Å². The summed E-state index contributed by atoms with van der Waals surface area (Å²) in [4.78, 5) is 11.9. The standard InChI is InChI=1S/C15H15ClN2OS/c16-12-4-2-1-3-11(12)13(14(17)19)10-7-9-5-6-20-15(9)18-8-10/h1-6,10,13,18H,7-8H2,(H2,17,19). The fourth-order valence-corrected chi connectivity index (χ4v) is 3.92. The first-order valence-electron chi connectivity index (χ1n) is 6.51. The van der Waals surface area contributed by atoms with Crippen molar-refractivity contribution in [3.63, 3.8) is 0 Å². The zero-order chi connectivity index (χ0) is 14.1. The molecule has 0 saturated carbocycles. The van der Waals surface area contributed by atoms with Gasteiger partial charge in [-0.05, 0) is 41.0 Å². The molecule has 2 atom stereocenters. The molecule has 5 heteroatoms. The summed E-state index contributed by atoms with van der Waals surface area (Å²) in [7, 11) is 0. The van der Waals surface area contributed by atoms with Crippen LogP contribution in [-0.2, 0) is 11.2 Å². The predicted molar refractivity (Wildman–Crippen MR) is 83.4 cm³/mol. The first-order chi connectivity index (χ1) is 9.66. The van der Waals surface area contributed by atoms with Crippen LogP contribution in [0.3, 0.4) is 0 Å². The molecular formula is C15H15ClN2OS. The van der Waals surface area contributed by atoms with E-state index in [9.17, 15) is 4.79 Å². The molecule has 1 amide bonds. The van der Waals surface area contributed by atoms with Crippen LogP contribution in [0.25, 0.3) is 0 Å². The van der Waals surface area contributed by atoms with E-state index < -0.39 is 0 Å². The predicted octanol–water partition coefficient (Wildman–Crippen LogP) is 3.25. The van der Waals surface area contributed by atoms with E-state index in [1.807, 2.05) is 18.2 Å². The van der Waals surface area contributed by atoms with Crippen molar-refractivity contribution in [3.05, 3.63) is 51.9 Å². The minimum absolute atomic E-state index is 0.134. The van der Waals surface area contributed by atoms with Gasteiger partial charge in [-0.2, -0.15) is 0 Å². The van der Waals surface area contributed by atoms with Crippen LogP contribution in [-0.4, -0.2) is 12.5 Å². The number of anilines is 1. The summed E-state index contributed by atoms with van der Waals surface area (Å²) in [6.07, 6.45) is 0.852. The van der Waals surface area contributed by atoms with Crippen LogP contribution in [0.1, 0.15) is 17.0 Å². The first-order valence-corrected chi connectivity index (χ1v) is 7.76. The molecule has 104 valence electrons. The van der Waals surface area contributed by atoms with Crippen LogP contribution < -0.4 is 11.1 Å². The fraction of sp³-hybridized carbons (Fsp3) is 0.267. The number of hydrogen-bond acceptors (Lipinski definition) is 3. The van der Waals surface area contributed by atoms with Gasteiger partial charge in [0.05, 0.1) is 10.9 Å². The average molecular weight is 307 g/mol. The number of thiophene rings is 1. The maximum Gasteiger partial charge on any atom is 0.225 e. The molecule has 1 aromatic carbocycles. The zero-order valence-corrected chi connectivity index (χ0v) is 12.4. The highest BCUT2D eigenvalue weighted by atomic mass is 35.5. The third-order valence-electron chi connectivity index (χ3n) is 3.77. The third kappa shape index (κ3) is 2.41. The van der Waals surface area contributed by atoms with E-state index in [2.05, 4.69) is 16.8 Å². The van der Waals surface area contributed by atoms with Gasteiger partial charge in [0, 0.05) is 11.6 Å². The number of nitrogens with two attached hydrogens (primary N) is 1. The molecule has 0 fully saturated rings. The molecule has 2 heterocycles. The molecule has 0 aliphatic carbocycles. The highest BCUT2D eigenvalue weighted by molar-refractivity contribution is 7.14. The Kier molecular flexibility index (Phi) is 3.68. The van der Waals surface area contributed by atoms with Crippen molar-refractivity contribution in [2.24, 2.45) is 11.7 Å². The second-order valence-electron chi connectivity index (χ2n) is 5.02. The number of amides is 1. The Morgan fingerprint density at radius 3 is 2.95 bits per heavy atom. The fourth-order valence-electron chi connectivity index (χ4n) is 2.83. The number of benzene rings is 1. The third-order valence-corrected chi connectivity index (χ3v) is 5.03. The van der Waals surface area contributed by atoms with Gasteiger partial charge in [0.1, 0.15) is 0 Å². The Hall–Kier alpha value is -1.52. The maximum atomic E-state index is 11.9. The minimum Gasteiger partial charge on any atom is -0.376 e. The summed E-state index contributed by atoms with van der Waals surface area (Å²) in [5.41, 5.74) is 7.72. The van der Waals surface area contributed by atoms with Gasteiger partial charge in [-0.25, -0.2) is 0 Å². The second kappa shape index (κ2) is 5.46. The molecule has 0 saturated heterocycles. The van der Waals surface area contributed by atoms with E-state index in [-0.39, 0.29) is 17.7 Å². The van der Waals surface area contributed by atoms with Gasteiger partial charge in [-0.3, -0.25) is 4.79 Å². The summed E-state index contributed by atoms with van der Waals surface area (Å²) in [6, 6.07) is 9.55. The Balaban J connectivity index is 1.93. The lowest BCUT2D eigenvalue weighted by Crippen LogP contribution is -2.35. The van der Waals surface area contributed by atoms with Crippen LogP contribution in [0.15, 0.2) is 35.7 Å². The van der Waals surface area contributed by atoms with Gasteiger partial charge in [0.15, 0.2) is 0 Å². The summed E-state index contributed by atoms with van der Waals surface area (Å²) >= 11 is 7.93. The molecule has 1 aliphatic rings. The normalized spacial score (nSPS) is 18.9. The van der Waals surface area contributed by atoms with Gasteiger partial charge >= 0.3 is 0 Å². The van der Waals surface area contributed by atoms with Crippen molar-refractivity contribution in [1.29, 1.82) is 0 Å². The summed E-state index contributed by atoms with van der Waals surface area (Å²) < 4.78 is 0. The van der Waals surface area contributed by atoms with Crippen molar-refractivity contribution in [2.75, 3.05) is 11.9 Å². The number of hydrogen-bond donors (Lipinski definition) is 2. The number of fused-ring (bicyclic) bond motifs is 1. The van der Waals surface area contributed by atoms with Gasteiger partial charge in [-0.1, -0.05) is 29.8 Å². The van der Waals surface area contributed by atoms with Crippen LogP contribution in [0, 0.1) is 5.92 Å². The number of rotatable bonds is 3. The van der Waals surface area contributed by atoms with Crippen LogP contribution in [0.4, 0.5) is 5.00 Å². The van der Waals surface area contributed by atoms with Crippen molar-refractivity contribution in [3.8, 4) is 0 Å². The Bertz CT molecular complexity index is 640. The molecule has 3 nitrogen and oxygen atoms in total. The zero-order valence-electron chi connectivity index (χ0n) is 10.8. The molecule has 20 heavy (non-hydrogen) atoms. The average Bonchev–Trinajstić information content (AvgIpc) is 2.88. The number of carbonyl (C=O) groups is 1. The van der Waals surface area contributed by atoms with Gasteiger partial charge in [-0.15, -0.1) is 11.3 Å². The quantitative estimate of drug-likeness (QED) is 0.914. The minimum atomic E-state index is -0.357. The largest absolute Gasteiger partial charge is 0.376 e. The molecule has 1 aliphatic heterocycles. The lowest BCUT2D eigenvalue weighted by atomic mass is 9.80. The van der Waals surface area contributed by atoms with Gasteiger partial charge in [0.2, 0.25) is 5.91 Å². The number of carbonyl (C=O) groups excluding carboxylic acids is 1. The first kappa shape index (κ1) is 13.5. The van der Waals surface area contributed by atoms with Crippen LogP contribution in [0.5, 0.6) is 0 Å². The molecule has 0 bridgehead atoms. The molecule has 2 aromatic rings. The van der Waals surface area contributed by atoms with Crippen molar-refractivity contribution in [2.45, 2.75) is 12.3 Å². The summed E-state index contributed by atoms with van der Waals surface area (Å²) in [5, 5.41) is 7.25. The lowest BCUT2D eigenvalue weighted by Gasteiger charge is -2.30. The summed E-state index contributed by atoms with van der Waals surface area (Å²) in [5.74, 6) is -0.540. The molecular weight excluding hydrogens is 292 g/mol. The van der Waals surface area contributed by atoms with E-state index in [1.165, 1.54) is 10.6 Å². The Morgan fingerprint density at radius 2 is 2.20 bits per heavy atom. The molecule has 0 radical (unpaired) electrons. The van der Waals surface area contributed by atoms with Crippen LogP contribution in [0.2, 0.25) is 5.02 Å². The van der Waals surface area contributed by atoms with E-state index in [1.54, 1.807) is 17.4 Å². The number of halogens is 1. The van der Waals surface area contributed by atoms with Crippen LogP contribution >= 0.6 is 22.9 Å². The SMILES string of the molecule is NC(=O)C(c1ccccc1Cl)C1CNc2sccc2C1. The van der Waals surface area contributed by atoms with Crippen molar-refractivity contribution < 1.29 is 4.79 Å². The van der Waals surface area contributed by atoms with Gasteiger partial charge < -0.3 is 11.1 Å². The van der Waals surface area contributed by atoms with Crippen molar-refractivity contribution in [1.82, 2.24) is 0 Å². The topological polar surface area (TPSA) is 55.1 Å². The summed E-state index contributed by atoms with van der Waals surface area (Å²) in [6.45, 7) is 0.742. The molecule has 1 aromatic heterocycles. The molecule has 0 spiro atoms. The lowest BCUT2D eigenvalue weighted by molar-refractivity contribution is -0.120. The van der Waals surface area contributed by atoms with E-state index in [4.69, 9.17) is 17.3 Å². The monoisotopic (exact) mass is 306 g/mol. The highest BCUT2D eigenvalue weighted by Crippen LogP contribution is 2.38. The highest BCUT2D eigenvalue weighted by Gasteiger charge is 2.32.